The molecule has 0 bridgehead atoms. The zero-order chi connectivity index (χ0) is 14.3. The van der Waals surface area contributed by atoms with Gasteiger partial charge in [-0.15, -0.1) is 0 Å². The Kier molecular flexibility index (Phi) is 2.76. The van der Waals surface area contributed by atoms with Crippen LogP contribution in [0.15, 0.2) is 42.7 Å². The van der Waals surface area contributed by atoms with Crippen LogP contribution >= 0.6 is 0 Å². The summed E-state index contributed by atoms with van der Waals surface area (Å²) in [5.74, 6) is 0. The minimum atomic E-state index is -0.828. The van der Waals surface area contributed by atoms with E-state index in [4.69, 9.17) is 5.73 Å². The van der Waals surface area contributed by atoms with E-state index in [0.717, 1.165) is 27.7 Å². The van der Waals surface area contributed by atoms with Gasteiger partial charge in [-0.2, -0.15) is 0 Å². The van der Waals surface area contributed by atoms with Crippen LogP contribution in [0, 0.1) is 0 Å². The van der Waals surface area contributed by atoms with Crippen LogP contribution in [0.1, 0.15) is 19.4 Å². The van der Waals surface area contributed by atoms with Gasteiger partial charge in [-0.3, -0.25) is 0 Å². The first-order valence-corrected chi connectivity index (χ1v) is 6.51. The predicted octanol–water partition coefficient (Wildman–Crippen LogP) is 3.04. The molecule has 20 heavy (non-hydrogen) atoms. The number of nitrogens with one attached hydrogen (secondary N) is 1. The lowest BCUT2D eigenvalue weighted by Gasteiger charge is -2.17. The highest BCUT2D eigenvalue weighted by Gasteiger charge is 2.15. The van der Waals surface area contributed by atoms with E-state index in [-0.39, 0.29) is 0 Å². The number of nitrogens with zero attached hydrogens (tertiary/aromatic N) is 1. The fourth-order valence-corrected chi connectivity index (χ4v) is 2.25. The van der Waals surface area contributed by atoms with E-state index in [9.17, 15) is 5.11 Å². The van der Waals surface area contributed by atoms with Crippen molar-refractivity contribution in [1.82, 2.24) is 9.97 Å². The molecule has 0 aliphatic rings. The van der Waals surface area contributed by atoms with Crippen LogP contribution < -0.4 is 5.73 Å². The first kappa shape index (κ1) is 12.7. The molecule has 3 aromatic rings. The van der Waals surface area contributed by atoms with Crippen molar-refractivity contribution >= 4 is 16.7 Å². The van der Waals surface area contributed by atoms with Gasteiger partial charge in [0.1, 0.15) is 5.65 Å². The Morgan fingerprint density at radius 1 is 1.15 bits per heavy atom. The van der Waals surface area contributed by atoms with Gasteiger partial charge in [0.05, 0.1) is 11.3 Å². The molecule has 4 heteroatoms. The van der Waals surface area contributed by atoms with Gasteiger partial charge in [-0.25, -0.2) is 4.98 Å². The zero-order valence-electron chi connectivity index (χ0n) is 11.5. The summed E-state index contributed by atoms with van der Waals surface area (Å²) in [6.45, 7) is 3.55. The van der Waals surface area contributed by atoms with E-state index in [1.807, 2.05) is 36.5 Å². The fourth-order valence-electron chi connectivity index (χ4n) is 2.25. The first-order valence-electron chi connectivity index (χ1n) is 6.51. The van der Waals surface area contributed by atoms with Crippen molar-refractivity contribution < 1.29 is 5.11 Å². The smallest absolute Gasteiger partial charge is 0.139 e. The normalized spacial score (nSPS) is 11.9. The molecule has 0 saturated carbocycles. The summed E-state index contributed by atoms with van der Waals surface area (Å²) in [6.07, 6.45) is 3.57. The zero-order valence-corrected chi connectivity index (χ0v) is 11.5. The van der Waals surface area contributed by atoms with E-state index in [2.05, 4.69) is 9.97 Å². The summed E-state index contributed by atoms with van der Waals surface area (Å²) < 4.78 is 0. The van der Waals surface area contributed by atoms with Crippen LogP contribution in [-0.2, 0) is 5.60 Å². The number of hydrogen-bond acceptors (Lipinski definition) is 3. The molecule has 102 valence electrons. The number of rotatable bonds is 2. The molecule has 3 rings (SSSR count). The second-order valence-corrected chi connectivity index (χ2v) is 5.50. The Bertz CT molecular complexity index is 751. The van der Waals surface area contributed by atoms with Crippen molar-refractivity contribution in [3.8, 4) is 11.1 Å². The number of benzene rings is 1. The largest absolute Gasteiger partial charge is 0.397 e. The number of aromatic amines is 1. The van der Waals surface area contributed by atoms with Crippen LogP contribution in [-0.4, -0.2) is 15.1 Å². The summed E-state index contributed by atoms with van der Waals surface area (Å²) in [5, 5.41) is 10.9. The number of H-pyrrole nitrogens is 1. The highest BCUT2D eigenvalue weighted by molar-refractivity contribution is 5.91. The molecule has 4 N–H and O–H groups in total. The van der Waals surface area contributed by atoms with Crippen molar-refractivity contribution in [2.45, 2.75) is 19.4 Å². The van der Waals surface area contributed by atoms with Gasteiger partial charge >= 0.3 is 0 Å². The average molecular weight is 267 g/mol. The average Bonchev–Trinajstić information content (AvgIpc) is 2.79. The first-order chi connectivity index (χ1) is 9.45. The highest BCUT2D eigenvalue weighted by Crippen LogP contribution is 2.27. The van der Waals surface area contributed by atoms with Gasteiger partial charge in [0.15, 0.2) is 0 Å². The van der Waals surface area contributed by atoms with Gasteiger partial charge in [0, 0.05) is 23.3 Å². The van der Waals surface area contributed by atoms with Crippen molar-refractivity contribution in [2.75, 3.05) is 5.73 Å². The van der Waals surface area contributed by atoms with Gasteiger partial charge < -0.3 is 15.8 Å². The second kappa shape index (κ2) is 4.35. The molecule has 0 atom stereocenters. The molecule has 0 unspecified atom stereocenters. The Hall–Kier alpha value is -2.33. The summed E-state index contributed by atoms with van der Waals surface area (Å²) in [7, 11) is 0. The lowest BCUT2D eigenvalue weighted by molar-refractivity contribution is 0.0786. The molecule has 0 amide bonds. The number of nitrogen functional groups attached to an aromatic ring is 1. The molecule has 0 radical (unpaired) electrons. The van der Waals surface area contributed by atoms with E-state index in [0.29, 0.717) is 5.69 Å². The molecule has 0 aliphatic heterocycles. The van der Waals surface area contributed by atoms with Gasteiger partial charge in [0.2, 0.25) is 0 Å². The Morgan fingerprint density at radius 3 is 2.50 bits per heavy atom. The standard InChI is InChI=1S/C16H17N3O/c1-16(2,20)12-5-3-10(4-6-12)11-7-13-14(17)9-19-15(13)18-8-11/h3-9,20H,17H2,1-2H3,(H,18,19). The maximum absolute atomic E-state index is 9.97. The fraction of sp³-hybridized carbons (Fsp3) is 0.188. The quantitative estimate of drug-likeness (QED) is 0.668. The molecule has 0 aliphatic carbocycles. The molecular weight excluding hydrogens is 250 g/mol. The van der Waals surface area contributed by atoms with Crippen molar-refractivity contribution in [2.24, 2.45) is 0 Å². The maximum Gasteiger partial charge on any atom is 0.139 e. The highest BCUT2D eigenvalue weighted by atomic mass is 16.3. The third-order valence-electron chi connectivity index (χ3n) is 3.49. The molecule has 2 heterocycles. The molecule has 0 spiro atoms. The molecular formula is C16H17N3O. The van der Waals surface area contributed by atoms with Gasteiger partial charge in [-0.05, 0) is 31.0 Å². The summed E-state index contributed by atoms with van der Waals surface area (Å²) in [4.78, 5) is 7.39. The van der Waals surface area contributed by atoms with Crippen molar-refractivity contribution in [1.29, 1.82) is 0 Å². The monoisotopic (exact) mass is 267 g/mol. The van der Waals surface area contributed by atoms with Gasteiger partial charge in [-0.1, -0.05) is 24.3 Å². The van der Waals surface area contributed by atoms with Crippen molar-refractivity contribution in [3.63, 3.8) is 0 Å². The lowest BCUT2D eigenvalue weighted by Crippen LogP contribution is -2.14. The number of anilines is 1. The summed E-state index contributed by atoms with van der Waals surface area (Å²) >= 11 is 0. The van der Waals surface area contributed by atoms with Crippen LogP contribution in [0.25, 0.3) is 22.2 Å². The Balaban J connectivity index is 2.04. The van der Waals surface area contributed by atoms with E-state index in [1.54, 1.807) is 20.0 Å². The number of pyridine rings is 1. The predicted molar refractivity (Wildman–Crippen MR) is 81.2 cm³/mol. The van der Waals surface area contributed by atoms with Crippen molar-refractivity contribution in [3.05, 3.63) is 48.3 Å². The molecule has 0 saturated heterocycles. The van der Waals surface area contributed by atoms with Gasteiger partial charge in [0.25, 0.3) is 0 Å². The maximum atomic E-state index is 9.97. The van der Waals surface area contributed by atoms with E-state index >= 15 is 0 Å². The molecule has 4 nitrogen and oxygen atoms in total. The Labute approximate surface area is 117 Å². The third-order valence-corrected chi connectivity index (χ3v) is 3.49. The number of hydrogen-bond donors (Lipinski definition) is 3. The number of nitrogens with two attached hydrogens (primary N) is 1. The van der Waals surface area contributed by atoms with Crippen LogP contribution in [0.2, 0.25) is 0 Å². The molecule has 2 aromatic heterocycles. The van der Waals surface area contributed by atoms with Crippen LogP contribution in [0.4, 0.5) is 5.69 Å². The lowest BCUT2D eigenvalue weighted by atomic mass is 9.96. The topological polar surface area (TPSA) is 74.9 Å². The van der Waals surface area contributed by atoms with E-state index in [1.165, 1.54) is 0 Å². The third kappa shape index (κ3) is 2.14. The minimum absolute atomic E-state index is 0.697. The SMILES string of the molecule is CC(C)(O)c1ccc(-c2cnc3[nH]cc(N)c3c2)cc1. The van der Waals surface area contributed by atoms with Crippen LogP contribution in [0.5, 0.6) is 0 Å². The van der Waals surface area contributed by atoms with Crippen LogP contribution in [0.3, 0.4) is 0 Å². The number of aliphatic hydroxyl groups is 1. The molecule has 1 aromatic carbocycles. The second-order valence-electron chi connectivity index (χ2n) is 5.50. The Morgan fingerprint density at radius 2 is 1.85 bits per heavy atom. The minimum Gasteiger partial charge on any atom is -0.397 e. The number of fused-ring (bicyclic) bond motifs is 1. The molecule has 0 fully saturated rings. The van der Waals surface area contributed by atoms with E-state index < -0.39 is 5.60 Å². The summed E-state index contributed by atoms with van der Waals surface area (Å²) in [6, 6.07) is 9.85. The number of aromatic nitrogens is 2. The summed E-state index contributed by atoms with van der Waals surface area (Å²) in [5.41, 5.74) is 9.50.